The summed E-state index contributed by atoms with van der Waals surface area (Å²) < 4.78 is 29.0. The average Bonchev–Trinajstić information content (AvgIpc) is 3.22. The van der Waals surface area contributed by atoms with Gasteiger partial charge in [0.1, 0.15) is 11.3 Å². The number of amides is 1. The Balaban J connectivity index is 1.45. The lowest BCUT2D eigenvalue weighted by Gasteiger charge is -2.36. The van der Waals surface area contributed by atoms with E-state index in [2.05, 4.69) is 14.5 Å². The first-order valence-corrected chi connectivity index (χ1v) is 10.2. The van der Waals surface area contributed by atoms with Crippen LogP contribution >= 0.6 is 0 Å². The fraction of sp³-hybridized carbons (Fsp3) is 0.667. The number of hydrogen-bond donors (Lipinski definition) is 0. The molecule has 3 aliphatic rings. The molecule has 4 rings (SSSR count). The molecule has 6 heteroatoms. The highest BCUT2D eigenvalue weighted by Gasteiger charge is 2.54. The Labute approximate surface area is 159 Å². The van der Waals surface area contributed by atoms with Crippen molar-refractivity contribution in [3.05, 3.63) is 29.8 Å². The van der Waals surface area contributed by atoms with Crippen LogP contribution in [0, 0.1) is 0 Å². The monoisotopic (exact) mass is 378 g/mol. The Kier molecular flexibility index (Phi) is 5.35. The number of rotatable bonds is 5. The van der Waals surface area contributed by atoms with Gasteiger partial charge in [-0.2, -0.15) is 8.78 Å². The summed E-state index contributed by atoms with van der Waals surface area (Å²) in [4.78, 5) is 17.9. The summed E-state index contributed by atoms with van der Waals surface area (Å²) in [5.74, 6) is 0.495. The summed E-state index contributed by atoms with van der Waals surface area (Å²) in [5.41, 5.74) is 0.678. The van der Waals surface area contributed by atoms with Crippen LogP contribution in [0.15, 0.2) is 24.3 Å². The molecular weight excluding hydrogens is 350 g/mol. The van der Waals surface area contributed by atoms with Crippen LogP contribution in [0.3, 0.4) is 0 Å². The summed E-state index contributed by atoms with van der Waals surface area (Å²) >= 11 is 0. The van der Waals surface area contributed by atoms with Crippen LogP contribution in [0.5, 0.6) is 5.75 Å². The predicted octanol–water partition coefficient (Wildman–Crippen LogP) is 4.19. The van der Waals surface area contributed by atoms with Crippen LogP contribution in [0.25, 0.3) is 0 Å². The van der Waals surface area contributed by atoms with Crippen molar-refractivity contribution in [3.8, 4) is 5.75 Å². The van der Waals surface area contributed by atoms with Crippen LogP contribution in [0.2, 0.25) is 0 Å². The number of likely N-dealkylation sites (tertiary alicyclic amines) is 2. The molecule has 1 spiro atoms. The lowest BCUT2D eigenvalue weighted by molar-refractivity contribution is -0.139. The SMILES string of the molecule is O=C1N(C2CCCCC2)CCC12CCCN2Cc1ccc(OC(F)F)cc1. The Bertz CT molecular complexity index is 661. The molecule has 2 aliphatic heterocycles. The minimum Gasteiger partial charge on any atom is -0.435 e. The van der Waals surface area contributed by atoms with Crippen LogP contribution < -0.4 is 4.74 Å². The molecule has 1 aromatic rings. The third-order valence-electron chi connectivity index (χ3n) is 6.59. The van der Waals surface area contributed by atoms with Crippen LogP contribution in [-0.2, 0) is 11.3 Å². The molecule has 1 amide bonds. The van der Waals surface area contributed by atoms with E-state index in [1.165, 1.54) is 19.3 Å². The van der Waals surface area contributed by atoms with Gasteiger partial charge in [0.15, 0.2) is 0 Å². The molecule has 4 nitrogen and oxygen atoms in total. The van der Waals surface area contributed by atoms with E-state index >= 15 is 0 Å². The highest BCUT2D eigenvalue weighted by atomic mass is 19.3. The van der Waals surface area contributed by atoms with Gasteiger partial charge in [0.05, 0.1) is 0 Å². The van der Waals surface area contributed by atoms with Gasteiger partial charge in [0.2, 0.25) is 5.91 Å². The Morgan fingerprint density at radius 1 is 1.04 bits per heavy atom. The molecule has 1 atom stereocenters. The first-order valence-electron chi connectivity index (χ1n) is 10.2. The smallest absolute Gasteiger partial charge is 0.387 e. The van der Waals surface area contributed by atoms with Crippen molar-refractivity contribution in [2.45, 2.75) is 76.1 Å². The van der Waals surface area contributed by atoms with E-state index in [0.717, 1.165) is 50.8 Å². The fourth-order valence-corrected chi connectivity index (χ4v) is 5.21. The third-order valence-corrected chi connectivity index (χ3v) is 6.59. The van der Waals surface area contributed by atoms with Crippen LogP contribution in [0.4, 0.5) is 8.78 Å². The van der Waals surface area contributed by atoms with E-state index in [9.17, 15) is 13.6 Å². The van der Waals surface area contributed by atoms with E-state index < -0.39 is 6.61 Å². The van der Waals surface area contributed by atoms with Crippen molar-refractivity contribution >= 4 is 5.91 Å². The highest BCUT2D eigenvalue weighted by molar-refractivity contribution is 5.89. The zero-order valence-electron chi connectivity index (χ0n) is 15.7. The second-order valence-electron chi connectivity index (χ2n) is 8.12. The Morgan fingerprint density at radius 3 is 2.48 bits per heavy atom. The third kappa shape index (κ3) is 3.68. The lowest BCUT2D eigenvalue weighted by atomic mass is 9.92. The summed E-state index contributed by atoms with van der Waals surface area (Å²) in [6, 6.07) is 7.23. The quantitative estimate of drug-likeness (QED) is 0.770. The van der Waals surface area contributed by atoms with Gasteiger partial charge in [-0.1, -0.05) is 31.4 Å². The van der Waals surface area contributed by atoms with Crippen molar-refractivity contribution in [3.63, 3.8) is 0 Å². The number of benzene rings is 1. The highest BCUT2D eigenvalue weighted by Crippen LogP contribution is 2.41. The van der Waals surface area contributed by atoms with E-state index in [1.54, 1.807) is 12.1 Å². The van der Waals surface area contributed by atoms with E-state index in [0.29, 0.717) is 18.5 Å². The number of ether oxygens (including phenoxy) is 1. The largest absolute Gasteiger partial charge is 0.435 e. The van der Waals surface area contributed by atoms with E-state index in [4.69, 9.17) is 0 Å². The molecule has 3 fully saturated rings. The first-order chi connectivity index (χ1) is 13.1. The maximum atomic E-state index is 13.4. The van der Waals surface area contributed by atoms with Crippen molar-refractivity contribution in [1.82, 2.24) is 9.80 Å². The lowest BCUT2D eigenvalue weighted by Crippen LogP contribution is -2.51. The number of carbonyl (C=O) groups is 1. The molecular formula is C21H28F2N2O2. The first kappa shape index (κ1) is 18.7. The topological polar surface area (TPSA) is 32.8 Å². The minimum atomic E-state index is -2.81. The van der Waals surface area contributed by atoms with Gasteiger partial charge in [-0.05, 0) is 56.3 Å². The molecule has 148 valence electrons. The molecule has 0 N–H and O–H groups in total. The van der Waals surface area contributed by atoms with Crippen molar-refractivity contribution in [2.75, 3.05) is 13.1 Å². The number of nitrogens with zero attached hydrogens (tertiary/aromatic N) is 2. The zero-order valence-corrected chi connectivity index (χ0v) is 15.7. The van der Waals surface area contributed by atoms with Gasteiger partial charge >= 0.3 is 6.61 Å². The van der Waals surface area contributed by atoms with Crippen molar-refractivity contribution in [2.24, 2.45) is 0 Å². The van der Waals surface area contributed by atoms with Gasteiger partial charge < -0.3 is 9.64 Å². The van der Waals surface area contributed by atoms with Crippen molar-refractivity contribution in [1.29, 1.82) is 0 Å². The standard InChI is InChI=1S/C21H28F2N2O2/c22-20(23)27-18-9-7-16(8-10-18)15-24-13-4-11-21(24)12-14-25(19(21)26)17-5-2-1-3-6-17/h7-10,17,20H,1-6,11-15H2. The number of halogens is 2. The van der Waals surface area contributed by atoms with Gasteiger partial charge in [-0.25, -0.2) is 0 Å². The van der Waals surface area contributed by atoms with Gasteiger partial charge in [-0.3, -0.25) is 9.69 Å². The predicted molar refractivity (Wildman–Crippen MR) is 98.7 cm³/mol. The Morgan fingerprint density at radius 2 is 1.78 bits per heavy atom. The molecule has 2 heterocycles. The fourth-order valence-electron chi connectivity index (χ4n) is 5.21. The molecule has 0 radical (unpaired) electrons. The summed E-state index contributed by atoms with van der Waals surface area (Å²) in [5, 5.41) is 0. The Hall–Kier alpha value is -1.69. The van der Waals surface area contributed by atoms with E-state index in [-0.39, 0.29) is 11.3 Å². The molecule has 1 aromatic carbocycles. The molecule has 0 aromatic heterocycles. The van der Waals surface area contributed by atoms with Crippen molar-refractivity contribution < 1.29 is 18.3 Å². The van der Waals surface area contributed by atoms with Gasteiger partial charge in [0.25, 0.3) is 0 Å². The minimum absolute atomic E-state index is 0.172. The summed E-state index contributed by atoms with van der Waals surface area (Å²) in [7, 11) is 0. The zero-order chi connectivity index (χ0) is 18.9. The average molecular weight is 378 g/mol. The van der Waals surface area contributed by atoms with Gasteiger partial charge in [-0.15, -0.1) is 0 Å². The van der Waals surface area contributed by atoms with Crippen LogP contribution in [0.1, 0.15) is 56.9 Å². The van der Waals surface area contributed by atoms with Crippen LogP contribution in [-0.4, -0.2) is 47.0 Å². The number of hydrogen-bond acceptors (Lipinski definition) is 3. The van der Waals surface area contributed by atoms with E-state index in [1.807, 2.05) is 12.1 Å². The maximum absolute atomic E-state index is 13.4. The second kappa shape index (κ2) is 7.74. The molecule has 0 bridgehead atoms. The molecule has 1 aliphatic carbocycles. The second-order valence-corrected chi connectivity index (χ2v) is 8.12. The van der Waals surface area contributed by atoms with Gasteiger partial charge in [0, 0.05) is 19.1 Å². The summed E-state index contributed by atoms with van der Waals surface area (Å²) in [6.45, 7) is -0.334. The molecule has 1 unspecified atom stereocenters. The maximum Gasteiger partial charge on any atom is 0.387 e. The molecule has 2 saturated heterocycles. The number of carbonyl (C=O) groups excluding carboxylic acids is 1. The number of alkyl halides is 2. The molecule has 1 saturated carbocycles. The molecule has 27 heavy (non-hydrogen) atoms. The summed E-state index contributed by atoms with van der Waals surface area (Å²) in [6.07, 6.45) is 8.94. The normalized spacial score (nSPS) is 27.2.